The van der Waals surface area contributed by atoms with Crippen LogP contribution in [0.1, 0.15) is 25.3 Å². The lowest BCUT2D eigenvalue weighted by Crippen LogP contribution is -2.38. The van der Waals surface area contributed by atoms with E-state index in [0.717, 1.165) is 43.6 Å². The van der Waals surface area contributed by atoms with Crippen LogP contribution in [0.25, 0.3) is 0 Å². The number of rotatable bonds is 8. The van der Waals surface area contributed by atoms with Gasteiger partial charge in [0.05, 0.1) is 19.0 Å². The Morgan fingerprint density at radius 3 is 2.72 bits per heavy atom. The topological polar surface area (TPSA) is 63.5 Å². The third-order valence-corrected chi connectivity index (χ3v) is 6.19. The van der Waals surface area contributed by atoms with Crippen LogP contribution >= 0.6 is 11.8 Å². The molecular weight excluding hydrogens is 393 g/mol. The van der Waals surface area contributed by atoms with Gasteiger partial charge in [-0.25, -0.2) is 4.39 Å². The van der Waals surface area contributed by atoms with Gasteiger partial charge in [0.15, 0.2) is 5.16 Å². The summed E-state index contributed by atoms with van der Waals surface area (Å²) >= 11 is 1.40. The quantitative estimate of drug-likeness (QED) is 0.613. The average molecular weight is 420 g/mol. The van der Waals surface area contributed by atoms with Crippen LogP contribution in [0.3, 0.4) is 0 Å². The molecule has 4 rings (SSSR count). The number of carbonyl (C=O) groups is 1. The molecule has 1 aromatic heterocycles. The number of hydrogen-bond acceptors (Lipinski definition) is 6. The number of aromatic nitrogens is 3. The van der Waals surface area contributed by atoms with Gasteiger partial charge in [0, 0.05) is 37.8 Å². The monoisotopic (exact) mass is 419 g/mol. The van der Waals surface area contributed by atoms with Gasteiger partial charge in [-0.3, -0.25) is 9.36 Å². The molecular formula is C20H26FN5O2S. The van der Waals surface area contributed by atoms with Crippen LogP contribution < -0.4 is 4.90 Å². The second-order valence-electron chi connectivity index (χ2n) is 7.26. The van der Waals surface area contributed by atoms with Gasteiger partial charge in [-0.1, -0.05) is 30.0 Å². The van der Waals surface area contributed by atoms with Gasteiger partial charge < -0.3 is 14.5 Å². The Bertz CT molecular complexity index is 851. The highest BCUT2D eigenvalue weighted by atomic mass is 32.2. The fraction of sp³-hybridized carbons (Fsp3) is 0.550. The predicted octanol–water partition coefficient (Wildman–Crippen LogP) is 2.56. The largest absolute Gasteiger partial charge is 0.378 e. The Hall–Kier alpha value is -2.13. The molecule has 2 fully saturated rings. The van der Waals surface area contributed by atoms with E-state index in [1.54, 1.807) is 23.1 Å². The molecule has 156 valence electrons. The summed E-state index contributed by atoms with van der Waals surface area (Å²) in [5, 5.41) is 9.40. The van der Waals surface area contributed by atoms with Crippen LogP contribution in [-0.4, -0.2) is 63.7 Å². The molecule has 1 aromatic carbocycles. The first-order chi connectivity index (χ1) is 14.2. The fourth-order valence-electron chi connectivity index (χ4n) is 3.49. The van der Waals surface area contributed by atoms with Crippen LogP contribution in [0.4, 0.5) is 10.3 Å². The van der Waals surface area contributed by atoms with Gasteiger partial charge in [0.1, 0.15) is 5.82 Å². The minimum absolute atomic E-state index is 0.0133. The summed E-state index contributed by atoms with van der Waals surface area (Å²) in [7, 11) is 0. The van der Waals surface area contributed by atoms with Gasteiger partial charge in [0.2, 0.25) is 11.9 Å². The molecule has 0 spiro atoms. The molecule has 7 nitrogen and oxygen atoms in total. The lowest BCUT2D eigenvalue weighted by molar-refractivity contribution is -0.129. The summed E-state index contributed by atoms with van der Waals surface area (Å²) in [6, 6.07) is 6.88. The van der Waals surface area contributed by atoms with Gasteiger partial charge >= 0.3 is 0 Å². The number of halogens is 1. The first kappa shape index (κ1) is 20.2. The number of carbonyl (C=O) groups excluding carboxylic acids is 1. The predicted molar refractivity (Wildman–Crippen MR) is 109 cm³/mol. The highest BCUT2D eigenvalue weighted by Gasteiger charge is 2.33. The molecule has 1 saturated heterocycles. The third-order valence-electron chi connectivity index (χ3n) is 5.24. The minimum Gasteiger partial charge on any atom is -0.378 e. The molecule has 0 radical (unpaired) electrons. The second kappa shape index (κ2) is 9.13. The van der Waals surface area contributed by atoms with E-state index in [1.807, 2.05) is 11.5 Å². The van der Waals surface area contributed by atoms with Crippen LogP contribution in [0.2, 0.25) is 0 Å². The normalized spacial score (nSPS) is 16.8. The van der Waals surface area contributed by atoms with E-state index in [1.165, 1.54) is 17.8 Å². The van der Waals surface area contributed by atoms with Gasteiger partial charge in [0.25, 0.3) is 0 Å². The standard InChI is InChI=1S/C20H26FN5O2S/c1-2-25-19(24-9-11-28-12-10-24)22-23-20(25)29-14-18(27)26(16-7-8-16)13-15-5-3-4-6-17(15)21/h3-6,16H,2,7-14H2,1H3. The van der Waals surface area contributed by atoms with Crippen LogP contribution in [0.5, 0.6) is 0 Å². The molecule has 2 aromatic rings. The summed E-state index contributed by atoms with van der Waals surface area (Å²) < 4.78 is 21.5. The minimum atomic E-state index is -0.264. The molecule has 2 heterocycles. The van der Waals surface area contributed by atoms with Crippen molar-refractivity contribution in [2.75, 3.05) is 37.0 Å². The number of anilines is 1. The van der Waals surface area contributed by atoms with E-state index < -0.39 is 0 Å². The van der Waals surface area contributed by atoms with E-state index in [2.05, 4.69) is 15.1 Å². The Morgan fingerprint density at radius 1 is 1.28 bits per heavy atom. The fourth-order valence-corrected chi connectivity index (χ4v) is 4.37. The number of thioether (sulfide) groups is 1. The van der Waals surface area contributed by atoms with Crippen molar-refractivity contribution in [3.8, 4) is 0 Å². The van der Waals surface area contributed by atoms with Gasteiger partial charge in [-0.15, -0.1) is 10.2 Å². The number of nitrogens with zero attached hydrogens (tertiary/aromatic N) is 5. The molecule has 1 aliphatic heterocycles. The summed E-state index contributed by atoms with van der Waals surface area (Å²) in [5.74, 6) is 0.849. The van der Waals surface area contributed by atoms with Crippen molar-refractivity contribution < 1.29 is 13.9 Å². The van der Waals surface area contributed by atoms with Crippen LogP contribution in [0.15, 0.2) is 29.4 Å². The maximum Gasteiger partial charge on any atom is 0.233 e. The van der Waals surface area contributed by atoms with E-state index in [0.29, 0.717) is 25.3 Å². The maximum absolute atomic E-state index is 14.0. The molecule has 1 amide bonds. The zero-order valence-corrected chi connectivity index (χ0v) is 17.4. The lowest BCUT2D eigenvalue weighted by Gasteiger charge is -2.27. The molecule has 0 N–H and O–H groups in total. The van der Waals surface area contributed by atoms with E-state index in [4.69, 9.17) is 4.74 Å². The zero-order valence-electron chi connectivity index (χ0n) is 16.6. The SMILES string of the molecule is CCn1c(SCC(=O)N(Cc2ccccc2F)C2CC2)nnc1N1CCOCC1. The highest BCUT2D eigenvalue weighted by Crippen LogP contribution is 2.30. The molecule has 0 atom stereocenters. The second-order valence-corrected chi connectivity index (χ2v) is 8.20. The van der Waals surface area contributed by atoms with Crippen molar-refractivity contribution in [2.24, 2.45) is 0 Å². The molecule has 1 aliphatic carbocycles. The number of morpholine rings is 1. The Labute approximate surface area is 174 Å². The molecule has 0 unspecified atom stereocenters. The van der Waals surface area contributed by atoms with E-state index in [-0.39, 0.29) is 23.5 Å². The number of amides is 1. The number of ether oxygens (including phenoxy) is 1. The zero-order chi connectivity index (χ0) is 20.2. The van der Waals surface area contributed by atoms with E-state index >= 15 is 0 Å². The third kappa shape index (κ3) is 4.72. The van der Waals surface area contributed by atoms with Crippen LogP contribution in [-0.2, 0) is 22.6 Å². The van der Waals surface area contributed by atoms with Crippen molar-refractivity contribution in [1.29, 1.82) is 0 Å². The number of hydrogen-bond donors (Lipinski definition) is 0. The smallest absolute Gasteiger partial charge is 0.233 e. The van der Waals surface area contributed by atoms with Gasteiger partial charge in [-0.2, -0.15) is 0 Å². The molecule has 0 bridgehead atoms. The first-order valence-electron chi connectivity index (χ1n) is 10.1. The summed E-state index contributed by atoms with van der Waals surface area (Å²) in [6.07, 6.45) is 1.97. The molecule has 1 saturated carbocycles. The highest BCUT2D eigenvalue weighted by molar-refractivity contribution is 7.99. The maximum atomic E-state index is 14.0. The van der Waals surface area contributed by atoms with Crippen molar-refractivity contribution >= 4 is 23.6 Å². The van der Waals surface area contributed by atoms with E-state index in [9.17, 15) is 9.18 Å². The summed E-state index contributed by atoms with van der Waals surface area (Å²) in [6.45, 7) is 6.05. The lowest BCUT2D eigenvalue weighted by atomic mass is 10.2. The van der Waals surface area contributed by atoms with Crippen molar-refractivity contribution in [1.82, 2.24) is 19.7 Å². The molecule has 2 aliphatic rings. The van der Waals surface area contributed by atoms with Crippen LogP contribution in [0, 0.1) is 5.82 Å². The van der Waals surface area contributed by atoms with Crippen molar-refractivity contribution in [3.63, 3.8) is 0 Å². The summed E-state index contributed by atoms with van der Waals surface area (Å²) in [4.78, 5) is 16.9. The van der Waals surface area contributed by atoms with Crippen molar-refractivity contribution in [2.45, 2.75) is 44.1 Å². The molecule has 9 heteroatoms. The first-order valence-corrected chi connectivity index (χ1v) is 11.1. The average Bonchev–Trinajstić information content (AvgIpc) is 3.50. The Balaban J connectivity index is 1.41. The van der Waals surface area contributed by atoms with Gasteiger partial charge in [-0.05, 0) is 25.8 Å². The molecule has 29 heavy (non-hydrogen) atoms. The van der Waals surface area contributed by atoms with Crippen molar-refractivity contribution in [3.05, 3.63) is 35.6 Å². The Morgan fingerprint density at radius 2 is 2.03 bits per heavy atom. The number of benzene rings is 1. The summed E-state index contributed by atoms with van der Waals surface area (Å²) in [5.41, 5.74) is 0.559. The Kier molecular flexibility index (Phi) is 6.34.